The summed E-state index contributed by atoms with van der Waals surface area (Å²) in [6, 6.07) is 0. The van der Waals surface area contributed by atoms with Gasteiger partial charge < -0.3 is 15.3 Å². The molecule has 0 aliphatic carbocycles. The number of aliphatic hydroxyl groups excluding tert-OH is 1. The zero-order chi connectivity index (χ0) is 9.23. The van der Waals surface area contributed by atoms with Gasteiger partial charge in [0, 0.05) is 6.54 Å². The quantitative estimate of drug-likeness (QED) is 0.520. The third-order valence-corrected chi connectivity index (χ3v) is 1.94. The van der Waals surface area contributed by atoms with Crippen LogP contribution >= 0.6 is 0 Å². The van der Waals surface area contributed by atoms with E-state index in [4.69, 9.17) is 5.11 Å². The Morgan fingerprint density at radius 3 is 2.50 bits per heavy atom. The number of nitrogens with zero attached hydrogens (tertiary/aromatic N) is 1. The molecule has 2 N–H and O–H groups in total. The van der Waals surface area contributed by atoms with Crippen LogP contribution in [0, 0.1) is 0 Å². The molecule has 0 aliphatic rings. The van der Waals surface area contributed by atoms with Crippen LogP contribution in [-0.4, -0.2) is 49.3 Å². The summed E-state index contributed by atoms with van der Waals surface area (Å²) in [4.78, 5) is 2.26. The van der Waals surface area contributed by atoms with Gasteiger partial charge in [-0.3, -0.25) is 0 Å². The van der Waals surface area contributed by atoms with Gasteiger partial charge in [0.25, 0.3) is 0 Å². The number of hydrogen-bond acceptors (Lipinski definition) is 3. The van der Waals surface area contributed by atoms with Gasteiger partial charge in [0.15, 0.2) is 0 Å². The molecule has 0 radical (unpaired) electrons. The number of nitrogens with one attached hydrogen (secondary N) is 1. The second-order valence-electron chi connectivity index (χ2n) is 2.86. The van der Waals surface area contributed by atoms with Crippen molar-refractivity contribution in [3.63, 3.8) is 0 Å². The monoisotopic (exact) mass is 174 g/mol. The maximum atomic E-state index is 8.71. The highest BCUT2D eigenvalue weighted by Crippen LogP contribution is 1.89. The summed E-state index contributed by atoms with van der Waals surface area (Å²) < 4.78 is 0. The fourth-order valence-electron chi connectivity index (χ4n) is 1.17. The molecule has 0 rings (SSSR count). The lowest BCUT2D eigenvalue weighted by molar-refractivity contribution is 0.200. The molecule has 0 heterocycles. The van der Waals surface area contributed by atoms with Crippen LogP contribution in [0.4, 0.5) is 0 Å². The van der Waals surface area contributed by atoms with E-state index in [9.17, 15) is 0 Å². The zero-order valence-electron chi connectivity index (χ0n) is 8.34. The summed E-state index contributed by atoms with van der Waals surface area (Å²) in [5, 5.41) is 12.0. The van der Waals surface area contributed by atoms with Gasteiger partial charge in [0.1, 0.15) is 0 Å². The molecule has 0 amide bonds. The molecule has 3 nitrogen and oxygen atoms in total. The highest BCUT2D eigenvalue weighted by molar-refractivity contribution is 4.55. The van der Waals surface area contributed by atoms with Crippen molar-refractivity contribution in [1.82, 2.24) is 10.2 Å². The molecule has 0 fully saturated rings. The van der Waals surface area contributed by atoms with Gasteiger partial charge in [-0.1, -0.05) is 13.8 Å². The van der Waals surface area contributed by atoms with Crippen LogP contribution in [0.3, 0.4) is 0 Å². The van der Waals surface area contributed by atoms with Crippen molar-refractivity contribution in [3.8, 4) is 0 Å². The summed E-state index contributed by atoms with van der Waals surface area (Å²) in [5.41, 5.74) is 0. The average molecular weight is 174 g/mol. The van der Waals surface area contributed by atoms with E-state index in [0.29, 0.717) is 0 Å². The third-order valence-electron chi connectivity index (χ3n) is 1.94. The van der Waals surface area contributed by atoms with E-state index >= 15 is 0 Å². The van der Waals surface area contributed by atoms with E-state index in [2.05, 4.69) is 24.1 Å². The molecule has 0 spiro atoms. The Kier molecular flexibility index (Phi) is 8.88. The Morgan fingerprint density at radius 1 is 1.25 bits per heavy atom. The highest BCUT2D eigenvalue weighted by Gasteiger charge is 1.99. The third kappa shape index (κ3) is 6.58. The number of aliphatic hydroxyl groups is 1. The Labute approximate surface area is 75.8 Å². The van der Waals surface area contributed by atoms with Crippen molar-refractivity contribution in [2.45, 2.75) is 20.3 Å². The molecule has 0 unspecified atom stereocenters. The minimum Gasteiger partial charge on any atom is -0.395 e. The molecule has 0 atom stereocenters. The van der Waals surface area contributed by atoms with Gasteiger partial charge in [-0.15, -0.1) is 0 Å². The van der Waals surface area contributed by atoms with Crippen molar-refractivity contribution in [3.05, 3.63) is 0 Å². The van der Waals surface area contributed by atoms with Crippen LogP contribution in [0.5, 0.6) is 0 Å². The molecule has 74 valence electrons. The number of hydrogen-bond donors (Lipinski definition) is 2. The fourth-order valence-corrected chi connectivity index (χ4v) is 1.17. The van der Waals surface area contributed by atoms with Crippen molar-refractivity contribution in [2.24, 2.45) is 0 Å². The Hall–Kier alpha value is -0.120. The van der Waals surface area contributed by atoms with Gasteiger partial charge in [-0.25, -0.2) is 0 Å². The zero-order valence-corrected chi connectivity index (χ0v) is 8.34. The van der Waals surface area contributed by atoms with E-state index in [1.165, 1.54) is 6.42 Å². The van der Waals surface area contributed by atoms with Crippen molar-refractivity contribution in [1.29, 1.82) is 0 Å². The van der Waals surface area contributed by atoms with Gasteiger partial charge >= 0.3 is 0 Å². The second kappa shape index (κ2) is 8.97. The van der Waals surface area contributed by atoms with Crippen LogP contribution in [0.1, 0.15) is 20.3 Å². The van der Waals surface area contributed by atoms with E-state index in [1.54, 1.807) is 0 Å². The molecular weight excluding hydrogens is 152 g/mol. The summed E-state index contributed by atoms with van der Waals surface area (Å²) in [7, 11) is 0. The lowest BCUT2D eigenvalue weighted by Crippen LogP contribution is -2.29. The van der Waals surface area contributed by atoms with E-state index in [0.717, 1.165) is 32.7 Å². The second-order valence-corrected chi connectivity index (χ2v) is 2.86. The van der Waals surface area contributed by atoms with E-state index in [1.807, 2.05) is 0 Å². The lowest BCUT2D eigenvalue weighted by Gasteiger charge is -2.18. The predicted octanol–water partition coefficient (Wildman–Crippen LogP) is 0.300. The molecule has 0 aromatic carbocycles. The summed E-state index contributed by atoms with van der Waals surface area (Å²) in [6.45, 7) is 9.58. The average Bonchev–Trinajstić information content (AvgIpc) is 2.10. The van der Waals surface area contributed by atoms with Crippen LogP contribution < -0.4 is 5.32 Å². The summed E-state index contributed by atoms with van der Waals surface area (Å²) >= 11 is 0. The Balaban J connectivity index is 3.19. The van der Waals surface area contributed by atoms with E-state index in [-0.39, 0.29) is 6.61 Å². The molecule has 0 aromatic heterocycles. The smallest absolute Gasteiger partial charge is 0.0558 e. The topological polar surface area (TPSA) is 35.5 Å². The molecule has 3 heteroatoms. The van der Waals surface area contributed by atoms with Gasteiger partial charge in [-0.05, 0) is 32.6 Å². The lowest BCUT2D eigenvalue weighted by atomic mass is 10.3. The molecule has 0 aliphatic heterocycles. The maximum Gasteiger partial charge on any atom is 0.0558 e. The van der Waals surface area contributed by atoms with Gasteiger partial charge in [0.05, 0.1) is 6.61 Å². The first-order valence-electron chi connectivity index (χ1n) is 4.89. The maximum absolute atomic E-state index is 8.71. The van der Waals surface area contributed by atoms with Gasteiger partial charge in [-0.2, -0.15) is 0 Å². The molecular formula is C9H22N2O. The largest absolute Gasteiger partial charge is 0.395 e. The molecule has 12 heavy (non-hydrogen) atoms. The number of likely N-dealkylation sites (N-methyl/N-ethyl adjacent to an activating group) is 1. The molecule has 0 bridgehead atoms. The summed E-state index contributed by atoms with van der Waals surface area (Å²) in [5.74, 6) is 0. The molecule has 0 aromatic rings. The summed E-state index contributed by atoms with van der Waals surface area (Å²) in [6.07, 6.45) is 1.17. The van der Waals surface area contributed by atoms with Crippen LogP contribution in [-0.2, 0) is 0 Å². The Bertz CT molecular complexity index is 88.6. The standard InChI is InChI=1S/C9H22N2O/c1-3-10-6-5-7-11(4-2)8-9-12/h10,12H,3-9H2,1-2H3. The fraction of sp³-hybridized carbons (Fsp3) is 1.00. The first kappa shape index (κ1) is 11.9. The first-order valence-corrected chi connectivity index (χ1v) is 4.89. The van der Waals surface area contributed by atoms with E-state index < -0.39 is 0 Å². The van der Waals surface area contributed by atoms with Crippen LogP contribution in [0.15, 0.2) is 0 Å². The normalized spacial score (nSPS) is 11.0. The minimum absolute atomic E-state index is 0.273. The first-order chi connectivity index (χ1) is 5.85. The Morgan fingerprint density at radius 2 is 2.00 bits per heavy atom. The SMILES string of the molecule is CCNCCCN(CC)CCO. The predicted molar refractivity (Wildman–Crippen MR) is 52.4 cm³/mol. The van der Waals surface area contributed by atoms with Gasteiger partial charge in [0.2, 0.25) is 0 Å². The van der Waals surface area contributed by atoms with Crippen molar-refractivity contribution < 1.29 is 5.11 Å². The number of rotatable bonds is 8. The molecule has 0 saturated heterocycles. The minimum atomic E-state index is 0.273. The highest BCUT2D eigenvalue weighted by atomic mass is 16.3. The van der Waals surface area contributed by atoms with Crippen molar-refractivity contribution in [2.75, 3.05) is 39.3 Å². The van der Waals surface area contributed by atoms with Crippen molar-refractivity contribution >= 4 is 0 Å². The van der Waals surface area contributed by atoms with Crippen LogP contribution in [0.2, 0.25) is 0 Å². The molecule has 0 saturated carbocycles. The van der Waals surface area contributed by atoms with Crippen LogP contribution in [0.25, 0.3) is 0 Å².